The van der Waals surface area contributed by atoms with Crippen LogP contribution in [0.5, 0.6) is 0 Å². The molecule has 0 heterocycles. The third-order valence-corrected chi connectivity index (χ3v) is 4.24. The lowest BCUT2D eigenvalue weighted by Crippen LogP contribution is -2.31. The largest absolute Gasteiger partial charge is 0.392 e. The molecule has 0 amide bonds. The Morgan fingerprint density at radius 2 is 1.71 bits per heavy atom. The highest BCUT2D eigenvalue weighted by atomic mass is 35.5. The summed E-state index contributed by atoms with van der Waals surface area (Å²) in [6.07, 6.45) is 0. The van der Waals surface area contributed by atoms with E-state index in [2.05, 4.69) is 9.80 Å². The van der Waals surface area contributed by atoms with Gasteiger partial charge in [-0.1, -0.05) is 41.9 Å². The highest BCUT2D eigenvalue weighted by Crippen LogP contribution is 2.22. The summed E-state index contributed by atoms with van der Waals surface area (Å²) in [5.74, 6) is -0.276. The molecule has 0 atom stereocenters. The molecular weight excluding hydrogens is 327 g/mol. The normalized spacial score (nSPS) is 11.5. The molecule has 0 saturated carbocycles. The summed E-state index contributed by atoms with van der Waals surface area (Å²) in [7, 11) is 4.03. The summed E-state index contributed by atoms with van der Waals surface area (Å²) in [4.78, 5) is 4.26. The molecule has 130 valence electrons. The summed E-state index contributed by atoms with van der Waals surface area (Å²) in [5, 5.41) is 9.75. The zero-order chi connectivity index (χ0) is 17.5. The number of hydrogen-bond acceptors (Lipinski definition) is 3. The first-order valence-corrected chi connectivity index (χ1v) is 8.36. The maximum Gasteiger partial charge on any atom is 0.129 e. The Morgan fingerprint density at radius 3 is 2.38 bits per heavy atom. The molecule has 0 unspecified atom stereocenters. The average Bonchev–Trinajstić information content (AvgIpc) is 2.56. The van der Waals surface area contributed by atoms with E-state index < -0.39 is 0 Å². The molecule has 5 heteroatoms. The van der Waals surface area contributed by atoms with Crippen LogP contribution in [0.2, 0.25) is 5.02 Å². The Morgan fingerprint density at radius 1 is 1.00 bits per heavy atom. The van der Waals surface area contributed by atoms with Crippen LogP contribution >= 0.6 is 11.6 Å². The molecule has 2 rings (SSSR count). The molecule has 2 aromatic carbocycles. The SMILES string of the molecule is CN(C)CCN(Cc1cccc(CO)c1)Cc1c(F)cccc1Cl. The van der Waals surface area contributed by atoms with Crippen molar-refractivity contribution >= 4 is 11.6 Å². The van der Waals surface area contributed by atoms with Crippen LogP contribution < -0.4 is 0 Å². The second-order valence-corrected chi connectivity index (χ2v) is 6.60. The van der Waals surface area contributed by atoms with Crippen molar-refractivity contribution in [1.82, 2.24) is 9.80 Å². The third-order valence-electron chi connectivity index (χ3n) is 3.89. The molecule has 24 heavy (non-hydrogen) atoms. The van der Waals surface area contributed by atoms with Gasteiger partial charge in [0.1, 0.15) is 5.82 Å². The molecule has 0 aliphatic rings. The van der Waals surface area contributed by atoms with E-state index in [1.807, 2.05) is 38.4 Å². The van der Waals surface area contributed by atoms with Crippen molar-refractivity contribution in [3.63, 3.8) is 0 Å². The highest BCUT2D eigenvalue weighted by Gasteiger charge is 2.13. The molecule has 2 aromatic rings. The maximum absolute atomic E-state index is 14.1. The summed E-state index contributed by atoms with van der Waals surface area (Å²) in [6.45, 7) is 2.80. The van der Waals surface area contributed by atoms with Crippen LogP contribution in [0.3, 0.4) is 0 Å². The second-order valence-electron chi connectivity index (χ2n) is 6.19. The van der Waals surface area contributed by atoms with Crippen LogP contribution in [0.4, 0.5) is 4.39 Å². The molecule has 0 fully saturated rings. The fourth-order valence-corrected chi connectivity index (χ4v) is 2.77. The van der Waals surface area contributed by atoms with E-state index in [-0.39, 0.29) is 12.4 Å². The fraction of sp³-hybridized carbons (Fsp3) is 0.368. The van der Waals surface area contributed by atoms with Gasteiger partial charge in [-0.05, 0) is 37.4 Å². The lowest BCUT2D eigenvalue weighted by molar-refractivity contribution is 0.223. The molecule has 0 aliphatic heterocycles. The summed E-state index contributed by atoms with van der Waals surface area (Å²) >= 11 is 6.18. The van der Waals surface area contributed by atoms with Gasteiger partial charge < -0.3 is 10.0 Å². The van der Waals surface area contributed by atoms with E-state index in [0.717, 1.165) is 24.2 Å². The van der Waals surface area contributed by atoms with Crippen molar-refractivity contribution in [2.45, 2.75) is 19.7 Å². The van der Waals surface area contributed by atoms with Crippen molar-refractivity contribution in [3.05, 3.63) is 70.0 Å². The first kappa shape index (κ1) is 18.9. The van der Waals surface area contributed by atoms with Gasteiger partial charge in [0.2, 0.25) is 0 Å². The number of rotatable bonds is 8. The fourth-order valence-electron chi connectivity index (χ4n) is 2.55. The van der Waals surface area contributed by atoms with E-state index in [1.54, 1.807) is 12.1 Å². The van der Waals surface area contributed by atoms with Gasteiger partial charge in [0.15, 0.2) is 0 Å². The van der Waals surface area contributed by atoms with Gasteiger partial charge in [0.25, 0.3) is 0 Å². The lowest BCUT2D eigenvalue weighted by Gasteiger charge is -2.25. The minimum Gasteiger partial charge on any atom is -0.392 e. The topological polar surface area (TPSA) is 26.7 Å². The van der Waals surface area contributed by atoms with Gasteiger partial charge in [-0.25, -0.2) is 4.39 Å². The van der Waals surface area contributed by atoms with Crippen LogP contribution in [-0.4, -0.2) is 42.1 Å². The predicted octanol–water partition coefficient (Wildman–Crippen LogP) is 3.54. The number of nitrogens with zero attached hydrogens (tertiary/aromatic N) is 2. The Kier molecular flexibility index (Phi) is 7.18. The lowest BCUT2D eigenvalue weighted by atomic mass is 10.1. The van der Waals surface area contributed by atoms with Crippen molar-refractivity contribution in [1.29, 1.82) is 0 Å². The van der Waals surface area contributed by atoms with Gasteiger partial charge in [0.05, 0.1) is 6.61 Å². The Bertz CT molecular complexity index is 643. The van der Waals surface area contributed by atoms with E-state index in [9.17, 15) is 9.50 Å². The Balaban J connectivity index is 2.17. The summed E-state index contributed by atoms with van der Waals surface area (Å²) in [6, 6.07) is 12.6. The van der Waals surface area contributed by atoms with Crippen LogP contribution in [0.25, 0.3) is 0 Å². The molecule has 0 spiro atoms. The second kappa shape index (κ2) is 9.14. The van der Waals surface area contributed by atoms with E-state index in [4.69, 9.17) is 11.6 Å². The maximum atomic E-state index is 14.1. The standard InChI is InChI=1S/C19H24ClFN2O/c1-22(2)9-10-23(12-15-5-3-6-16(11-15)14-24)13-17-18(20)7-4-8-19(17)21/h3-8,11,24H,9-10,12-14H2,1-2H3. The van der Waals surface area contributed by atoms with Crippen molar-refractivity contribution in [3.8, 4) is 0 Å². The minimum atomic E-state index is -0.276. The molecule has 0 radical (unpaired) electrons. The zero-order valence-electron chi connectivity index (χ0n) is 14.2. The molecule has 3 nitrogen and oxygen atoms in total. The monoisotopic (exact) mass is 350 g/mol. The van der Waals surface area contributed by atoms with Crippen LogP contribution in [0.1, 0.15) is 16.7 Å². The van der Waals surface area contributed by atoms with Crippen LogP contribution in [-0.2, 0) is 19.7 Å². The average molecular weight is 351 g/mol. The van der Waals surface area contributed by atoms with Crippen molar-refractivity contribution < 1.29 is 9.50 Å². The number of likely N-dealkylation sites (N-methyl/N-ethyl adjacent to an activating group) is 1. The van der Waals surface area contributed by atoms with Crippen molar-refractivity contribution in [2.75, 3.05) is 27.2 Å². The van der Waals surface area contributed by atoms with Gasteiger partial charge in [-0.3, -0.25) is 4.90 Å². The van der Waals surface area contributed by atoms with Gasteiger partial charge >= 0.3 is 0 Å². The molecule has 0 aliphatic carbocycles. The first-order chi connectivity index (χ1) is 11.5. The Hall–Kier alpha value is -1.46. The molecule has 0 saturated heterocycles. The van der Waals surface area contributed by atoms with E-state index in [0.29, 0.717) is 23.7 Å². The zero-order valence-corrected chi connectivity index (χ0v) is 14.9. The number of benzene rings is 2. The van der Waals surface area contributed by atoms with Gasteiger partial charge in [-0.2, -0.15) is 0 Å². The summed E-state index contributed by atoms with van der Waals surface area (Å²) < 4.78 is 14.1. The predicted molar refractivity (Wildman–Crippen MR) is 96.4 cm³/mol. The molecule has 0 bridgehead atoms. The van der Waals surface area contributed by atoms with Crippen LogP contribution in [0, 0.1) is 5.82 Å². The number of halogens is 2. The molecular formula is C19H24ClFN2O. The highest BCUT2D eigenvalue weighted by molar-refractivity contribution is 6.31. The smallest absolute Gasteiger partial charge is 0.129 e. The minimum absolute atomic E-state index is 0.0185. The van der Waals surface area contributed by atoms with Crippen LogP contribution in [0.15, 0.2) is 42.5 Å². The third kappa shape index (κ3) is 5.56. The van der Waals surface area contributed by atoms with Gasteiger partial charge in [0, 0.05) is 36.8 Å². The van der Waals surface area contributed by atoms with E-state index in [1.165, 1.54) is 6.07 Å². The molecule has 1 N–H and O–H groups in total. The first-order valence-electron chi connectivity index (χ1n) is 7.98. The van der Waals surface area contributed by atoms with Gasteiger partial charge in [-0.15, -0.1) is 0 Å². The van der Waals surface area contributed by atoms with E-state index >= 15 is 0 Å². The number of aliphatic hydroxyl groups excluding tert-OH is 1. The quantitative estimate of drug-likeness (QED) is 0.789. The number of aliphatic hydroxyl groups is 1. The summed E-state index contributed by atoms with van der Waals surface area (Å²) in [5.41, 5.74) is 2.49. The Labute approximate surface area is 148 Å². The molecule has 0 aromatic heterocycles. The van der Waals surface area contributed by atoms with Crippen molar-refractivity contribution in [2.24, 2.45) is 0 Å². The number of hydrogen-bond donors (Lipinski definition) is 1.